The molecule has 2 aromatic carbocycles. The Hall–Kier alpha value is -2.48. The molecular formula is C18H16O2. The van der Waals surface area contributed by atoms with E-state index in [0.717, 1.165) is 11.1 Å². The molecule has 2 N–H and O–H groups in total. The number of allylic oxidation sites excluding steroid dienone is 4. The molecule has 1 aliphatic carbocycles. The van der Waals surface area contributed by atoms with E-state index in [1.807, 2.05) is 36.4 Å². The van der Waals surface area contributed by atoms with Gasteiger partial charge in [0, 0.05) is 11.8 Å². The van der Waals surface area contributed by atoms with Crippen LogP contribution in [0.2, 0.25) is 0 Å². The van der Waals surface area contributed by atoms with E-state index in [1.54, 1.807) is 24.3 Å². The van der Waals surface area contributed by atoms with Gasteiger partial charge in [-0.2, -0.15) is 0 Å². The summed E-state index contributed by atoms with van der Waals surface area (Å²) < 4.78 is 0. The van der Waals surface area contributed by atoms with Crippen molar-refractivity contribution in [2.45, 2.75) is 5.92 Å². The maximum Gasteiger partial charge on any atom is 0.115 e. The molecule has 0 bridgehead atoms. The molecule has 0 saturated carbocycles. The van der Waals surface area contributed by atoms with Crippen molar-refractivity contribution in [1.82, 2.24) is 0 Å². The predicted molar refractivity (Wildman–Crippen MR) is 79.8 cm³/mol. The van der Waals surface area contributed by atoms with E-state index >= 15 is 0 Å². The Kier molecular flexibility index (Phi) is 3.30. The molecule has 0 saturated heterocycles. The maximum atomic E-state index is 9.72. The minimum Gasteiger partial charge on any atom is -0.508 e. The number of phenolic OH excluding ortho intramolecular Hbond substituents is 2. The highest BCUT2D eigenvalue weighted by molar-refractivity contribution is 5.42. The van der Waals surface area contributed by atoms with E-state index in [4.69, 9.17) is 0 Å². The number of rotatable bonds is 3. The molecule has 1 aliphatic rings. The van der Waals surface area contributed by atoms with Crippen molar-refractivity contribution in [3.05, 3.63) is 84.0 Å². The van der Waals surface area contributed by atoms with Gasteiger partial charge in [0.15, 0.2) is 0 Å². The van der Waals surface area contributed by atoms with Crippen LogP contribution < -0.4 is 0 Å². The molecule has 2 heteroatoms. The zero-order chi connectivity index (χ0) is 13.9. The molecule has 2 aromatic rings. The molecule has 1 unspecified atom stereocenters. The van der Waals surface area contributed by atoms with Crippen molar-refractivity contribution < 1.29 is 10.2 Å². The first kappa shape index (κ1) is 12.5. The van der Waals surface area contributed by atoms with E-state index in [2.05, 4.69) is 12.2 Å². The fourth-order valence-electron chi connectivity index (χ4n) is 2.71. The minimum absolute atomic E-state index is 0.137. The van der Waals surface area contributed by atoms with Crippen LogP contribution in [0.3, 0.4) is 0 Å². The van der Waals surface area contributed by atoms with Crippen molar-refractivity contribution in [2.24, 2.45) is 5.92 Å². The molecule has 0 aromatic heterocycles. The van der Waals surface area contributed by atoms with Crippen LogP contribution in [0.4, 0.5) is 0 Å². The Bertz CT molecular complexity index is 641. The third-order valence-corrected chi connectivity index (χ3v) is 3.64. The van der Waals surface area contributed by atoms with Crippen molar-refractivity contribution >= 4 is 0 Å². The summed E-state index contributed by atoms with van der Waals surface area (Å²) in [5.74, 6) is 0.942. The number of hydrogen-bond donors (Lipinski definition) is 2. The van der Waals surface area contributed by atoms with Crippen molar-refractivity contribution in [1.29, 1.82) is 0 Å². The second-order valence-corrected chi connectivity index (χ2v) is 5.01. The van der Waals surface area contributed by atoms with Gasteiger partial charge in [-0.25, -0.2) is 0 Å². The van der Waals surface area contributed by atoms with Crippen molar-refractivity contribution in [3.63, 3.8) is 0 Å². The summed E-state index contributed by atoms with van der Waals surface area (Å²) >= 11 is 0. The Morgan fingerprint density at radius 3 is 2.10 bits per heavy atom. The third-order valence-electron chi connectivity index (χ3n) is 3.64. The summed E-state index contributed by atoms with van der Waals surface area (Å²) in [5.41, 5.74) is 2.19. The average Bonchev–Trinajstić information content (AvgIpc) is 2.95. The lowest BCUT2D eigenvalue weighted by Crippen LogP contribution is -2.09. The van der Waals surface area contributed by atoms with Gasteiger partial charge in [0.2, 0.25) is 0 Å². The highest BCUT2D eigenvalue weighted by atomic mass is 16.3. The predicted octanol–water partition coefficient (Wildman–Crippen LogP) is 3.97. The van der Waals surface area contributed by atoms with E-state index in [-0.39, 0.29) is 23.3 Å². The monoisotopic (exact) mass is 264 g/mol. The van der Waals surface area contributed by atoms with E-state index in [1.165, 1.54) is 0 Å². The topological polar surface area (TPSA) is 40.5 Å². The molecule has 0 aliphatic heterocycles. The molecule has 100 valence electrons. The highest BCUT2D eigenvalue weighted by Gasteiger charge is 2.22. The van der Waals surface area contributed by atoms with Gasteiger partial charge in [0.25, 0.3) is 0 Å². The Balaban J connectivity index is 2.06. The standard InChI is InChI=1S/C18H16O2/c19-16-10-8-14(9-11-16)18(13-4-1-2-5-13)15-6-3-7-17(20)12-15/h1-13,18-20H. The lowest BCUT2D eigenvalue weighted by atomic mass is 9.81. The minimum atomic E-state index is 0.137. The number of phenols is 2. The Morgan fingerprint density at radius 2 is 1.45 bits per heavy atom. The quantitative estimate of drug-likeness (QED) is 0.880. The zero-order valence-electron chi connectivity index (χ0n) is 11.0. The van der Waals surface area contributed by atoms with E-state index in [0.29, 0.717) is 0 Å². The van der Waals surface area contributed by atoms with Gasteiger partial charge < -0.3 is 10.2 Å². The second kappa shape index (κ2) is 5.25. The average molecular weight is 264 g/mol. The maximum absolute atomic E-state index is 9.72. The molecular weight excluding hydrogens is 248 g/mol. The highest BCUT2D eigenvalue weighted by Crippen LogP contribution is 2.37. The lowest BCUT2D eigenvalue weighted by molar-refractivity contribution is 0.472. The molecule has 20 heavy (non-hydrogen) atoms. The molecule has 3 rings (SSSR count). The summed E-state index contributed by atoms with van der Waals surface area (Å²) in [4.78, 5) is 0. The number of hydrogen-bond acceptors (Lipinski definition) is 2. The second-order valence-electron chi connectivity index (χ2n) is 5.01. The molecule has 0 radical (unpaired) electrons. The van der Waals surface area contributed by atoms with Crippen LogP contribution in [0.5, 0.6) is 11.5 Å². The van der Waals surface area contributed by atoms with Crippen LogP contribution in [-0.4, -0.2) is 10.2 Å². The molecule has 0 amide bonds. The molecule has 2 nitrogen and oxygen atoms in total. The first-order valence-corrected chi connectivity index (χ1v) is 6.67. The van der Waals surface area contributed by atoms with Crippen LogP contribution in [0, 0.1) is 5.92 Å². The largest absolute Gasteiger partial charge is 0.508 e. The fourth-order valence-corrected chi connectivity index (χ4v) is 2.71. The first-order chi connectivity index (χ1) is 9.74. The van der Waals surface area contributed by atoms with Gasteiger partial charge >= 0.3 is 0 Å². The zero-order valence-corrected chi connectivity index (χ0v) is 11.0. The first-order valence-electron chi connectivity index (χ1n) is 6.67. The smallest absolute Gasteiger partial charge is 0.115 e. The summed E-state index contributed by atoms with van der Waals surface area (Å²) in [6.07, 6.45) is 8.39. The van der Waals surface area contributed by atoms with Crippen LogP contribution in [0.1, 0.15) is 17.0 Å². The third kappa shape index (κ3) is 2.45. The van der Waals surface area contributed by atoms with Gasteiger partial charge in [-0.15, -0.1) is 0 Å². The summed E-state index contributed by atoms with van der Waals surface area (Å²) in [6, 6.07) is 14.6. The van der Waals surface area contributed by atoms with Gasteiger partial charge in [-0.3, -0.25) is 0 Å². The van der Waals surface area contributed by atoms with Crippen molar-refractivity contribution in [2.75, 3.05) is 0 Å². The van der Waals surface area contributed by atoms with Crippen LogP contribution in [0.25, 0.3) is 0 Å². The number of benzene rings is 2. The summed E-state index contributed by atoms with van der Waals surface area (Å²) in [6.45, 7) is 0. The normalized spacial score (nSPS) is 15.6. The van der Waals surface area contributed by atoms with Crippen LogP contribution >= 0.6 is 0 Å². The molecule has 0 spiro atoms. The summed E-state index contributed by atoms with van der Waals surface area (Å²) in [5, 5.41) is 19.2. The van der Waals surface area contributed by atoms with Crippen LogP contribution in [-0.2, 0) is 0 Å². The van der Waals surface area contributed by atoms with E-state index < -0.39 is 0 Å². The van der Waals surface area contributed by atoms with Gasteiger partial charge in [-0.1, -0.05) is 48.6 Å². The Labute approximate surface area is 118 Å². The van der Waals surface area contributed by atoms with Gasteiger partial charge in [0.1, 0.15) is 11.5 Å². The van der Waals surface area contributed by atoms with E-state index in [9.17, 15) is 10.2 Å². The van der Waals surface area contributed by atoms with Crippen LogP contribution in [0.15, 0.2) is 72.8 Å². The fraction of sp³-hybridized carbons (Fsp3) is 0.111. The number of aromatic hydroxyl groups is 2. The van der Waals surface area contributed by atoms with Crippen molar-refractivity contribution in [3.8, 4) is 11.5 Å². The molecule has 0 fully saturated rings. The van der Waals surface area contributed by atoms with Gasteiger partial charge in [0.05, 0.1) is 0 Å². The van der Waals surface area contributed by atoms with Gasteiger partial charge in [-0.05, 0) is 35.4 Å². The molecule has 1 atom stereocenters. The summed E-state index contributed by atoms with van der Waals surface area (Å²) in [7, 11) is 0. The lowest BCUT2D eigenvalue weighted by Gasteiger charge is -2.22. The Morgan fingerprint density at radius 1 is 0.750 bits per heavy atom. The SMILES string of the molecule is Oc1ccc(C(c2cccc(O)c2)C2C=CC=C2)cc1. The molecule has 0 heterocycles.